The lowest BCUT2D eigenvalue weighted by Crippen LogP contribution is -2.28. The van der Waals surface area contributed by atoms with Crippen LogP contribution in [0.2, 0.25) is 0 Å². The Morgan fingerprint density at radius 1 is 1.22 bits per heavy atom. The van der Waals surface area contributed by atoms with Crippen LogP contribution in [0.25, 0.3) is 11.0 Å². The van der Waals surface area contributed by atoms with Crippen molar-refractivity contribution >= 4 is 16.9 Å². The summed E-state index contributed by atoms with van der Waals surface area (Å²) >= 11 is 0. The number of aromatic amines is 1. The molecule has 0 saturated carbocycles. The number of carbonyl (C=O) groups is 1. The molecule has 2 aromatic carbocycles. The summed E-state index contributed by atoms with van der Waals surface area (Å²) in [7, 11) is 0. The number of nitrogens with zero attached hydrogens (tertiary/aromatic N) is 1. The molecule has 0 bridgehead atoms. The molecule has 23 heavy (non-hydrogen) atoms. The first-order valence-electron chi connectivity index (χ1n) is 7.52. The van der Waals surface area contributed by atoms with Crippen LogP contribution >= 0.6 is 0 Å². The van der Waals surface area contributed by atoms with Crippen LogP contribution in [0.15, 0.2) is 42.5 Å². The third kappa shape index (κ3) is 3.69. The van der Waals surface area contributed by atoms with Gasteiger partial charge in [0.25, 0.3) is 5.91 Å². The first kappa shape index (κ1) is 15.1. The number of benzene rings is 2. The second-order valence-electron chi connectivity index (χ2n) is 5.54. The van der Waals surface area contributed by atoms with Crippen LogP contribution in [0.1, 0.15) is 17.0 Å². The van der Waals surface area contributed by atoms with Gasteiger partial charge >= 0.3 is 0 Å². The molecule has 2 N–H and O–H groups in total. The largest absolute Gasteiger partial charge is 0.483 e. The summed E-state index contributed by atoms with van der Waals surface area (Å²) in [5.41, 5.74) is 3.97. The van der Waals surface area contributed by atoms with Crippen molar-refractivity contribution in [3.8, 4) is 5.75 Å². The normalized spacial score (nSPS) is 10.7. The Labute approximate surface area is 134 Å². The van der Waals surface area contributed by atoms with Gasteiger partial charge in [-0.15, -0.1) is 0 Å². The van der Waals surface area contributed by atoms with E-state index in [1.165, 1.54) is 0 Å². The summed E-state index contributed by atoms with van der Waals surface area (Å²) in [6.45, 7) is 4.29. The Morgan fingerprint density at radius 3 is 2.87 bits per heavy atom. The number of nitrogens with one attached hydrogen (secondary N) is 2. The Morgan fingerprint density at radius 2 is 2.04 bits per heavy atom. The molecule has 1 heterocycles. The van der Waals surface area contributed by atoms with E-state index in [9.17, 15) is 4.79 Å². The van der Waals surface area contributed by atoms with Crippen LogP contribution in [0.4, 0.5) is 0 Å². The number of ether oxygens (including phenoxy) is 1. The minimum absolute atomic E-state index is 0.00940. The molecule has 1 aromatic heterocycles. The van der Waals surface area contributed by atoms with Gasteiger partial charge in [-0.2, -0.15) is 0 Å². The van der Waals surface area contributed by atoms with E-state index in [0.717, 1.165) is 33.7 Å². The highest BCUT2D eigenvalue weighted by Gasteiger charge is 2.07. The van der Waals surface area contributed by atoms with Gasteiger partial charge in [0.1, 0.15) is 11.6 Å². The Bertz CT molecular complexity index is 806. The molecular weight excluding hydrogens is 290 g/mol. The smallest absolute Gasteiger partial charge is 0.258 e. The van der Waals surface area contributed by atoms with Crippen LogP contribution in [-0.4, -0.2) is 22.5 Å². The first-order valence-corrected chi connectivity index (χ1v) is 7.52. The van der Waals surface area contributed by atoms with Crippen LogP contribution in [0, 0.1) is 13.8 Å². The fraction of sp³-hybridized carbons (Fsp3) is 0.222. The van der Waals surface area contributed by atoms with E-state index in [2.05, 4.69) is 15.3 Å². The second-order valence-corrected chi connectivity index (χ2v) is 5.54. The highest BCUT2D eigenvalue weighted by Crippen LogP contribution is 2.18. The van der Waals surface area contributed by atoms with Gasteiger partial charge in [0.15, 0.2) is 6.61 Å². The van der Waals surface area contributed by atoms with Crippen molar-refractivity contribution in [2.24, 2.45) is 0 Å². The van der Waals surface area contributed by atoms with Gasteiger partial charge in [0.2, 0.25) is 0 Å². The number of hydrogen-bond donors (Lipinski definition) is 2. The lowest BCUT2D eigenvalue weighted by molar-refractivity contribution is -0.123. The number of hydrogen-bond acceptors (Lipinski definition) is 3. The molecule has 0 aliphatic heterocycles. The standard InChI is InChI=1S/C18H19N3O2/c1-12-7-8-13(2)16(9-12)23-11-18(22)19-10-17-20-14-5-3-4-6-15(14)21-17/h3-9H,10-11H2,1-2H3,(H,19,22)(H,20,21). The molecule has 3 rings (SSSR count). The molecule has 5 heteroatoms. The summed E-state index contributed by atoms with van der Waals surface area (Å²) in [6.07, 6.45) is 0. The van der Waals surface area contributed by atoms with Gasteiger partial charge in [0.05, 0.1) is 17.6 Å². The number of fused-ring (bicyclic) bond motifs is 1. The maximum atomic E-state index is 11.9. The van der Waals surface area contributed by atoms with E-state index in [4.69, 9.17) is 4.74 Å². The lowest BCUT2D eigenvalue weighted by Gasteiger charge is -2.09. The SMILES string of the molecule is Cc1ccc(C)c(OCC(=O)NCc2nc3ccccc3[nH]2)c1. The number of amides is 1. The molecule has 3 aromatic rings. The van der Waals surface area contributed by atoms with E-state index >= 15 is 0 Å². The van der Waals surface area contributed by atoms with E-state index in [-0.39, 0.29) is 12.5 Å². The Hall–Kier alpha value is -2.82. The maximum absolute atomic E-state index is 11.9. The maximum Gasteiger partial charge on any atom is 0.258 e. The highest BCUT2D eigenvalue weighted by atomic mass is 16.5. The number of rotatable bonds is 5. The monoisotopic (exact) mass is 309 g/mol. The van der Waals surface area contributed by atoms with E-state index in [1.807, 2.05) is 56.3 Å². The highest BCUT2D eigenvalue weighted by molar-refractivity contribution is 5.78. The predicted molar refractivity (Wildman–Crippen MR) is 89.4 cm³/mol. The zero-order chi connectivity index (χ0) is 16.2. The van der Waals surface area contributed by atoms with E-state index in [1.54, 1.807) is 0 Å². The number of imidazole rings is 1. The summed E-state index contributed by atoms with van der Waals surface area (Å²) in [4.78, 5) is 19.5. The zero-order valence-corrected chi connectivity index (χ0v) is 13.2. The minimum atomic E-state index is -0.175. The summed E-state index contributed by atoms with van der Waals surface area (Å²) in [5, 5.41) is 2.81. The molecule has 0 fully saturated rings. The van der Waals surface area contributed by atoms with Crippen LogP contribution in [-0.2, 0) is 11.3 Å². The van der Waals surface area contributed by atoms with Gasteiger partial charge < -0.3 is 15.0 Å². The number of aromatic nitrogens is 2. The molecule has 0 aliphatic rings. The van der Waals surface area contributed by atoms with Crippen molar-refractivity contribution in [3.63, 3.8) is 0 Å². The van der Waals surface area contributed by atoms with Gasteiger partial charge in [-0.25, -0.2) is 4.98 Å². The van der Waals surface area contributed by atoms with Gasteiger partial charge in [-0.3, -0.25) is 4.79 Å². The van der Waals surface area contributed by atoms with Crippen LogP contribution < -0.4 is 10.1 Å². The van der Waals surface area contributed by atoms with E-state index in [0.29, 0.717) is 6.54 Å². The third-order valence-electron chi connectivity index (χ3n) is 3.59. The third-order valence-corrected chi connectivity index (χ3v) is 3.59. The first-order chi connectivity index (χ1) is 11.1. The molecule has 0 unspecified atom stereocenters. The average molecular weight is 309 g/mol. The molecule has 0 atom stereocenters. The molecule has 0 spiro atoms. The van der Waals surface area contributed by atoms with E-state index < -0.39 is 0 Å². The lowest BCUT2D eigenvalue weighted by atomic mass is 10.1. The number of para-hydroxylation sites is 2. The predicted octanol–water partition coefficient (Wildman–Crippen LogP) is 2.87. The topological polar surface area (TPSA) is 67.0 Å². The quantitative estimate of drug-likeness (QED) is 0.761. The number of aryl methyl sites for hydroxylation is 2. The summed E-state index contributed by atoms with van der Waals surface area (Å²) < 4.78 is 5.58. The Kier molecular flexibility index (Phi) is 4.28. The average Bonchev–Trinajstić information content (AvgIpc) is 2.96. The fourth-order valence-electron chi connectivity index (χ4n) is 2.33. The number of carbonyl (C=O) groups excluding carboxylic acids is 1. The van der Waals surface area contributed by atoms with Crippen molar-refractivity contribution in [2.75, 3.05) is 6.61 Å². The molecular formula is C18H19N3O2. The van der Waals surface area contributed by atoms with Crippen LogP contribution in [0.3, 0.4) is 0 Å². The molecule has 5 nitrogen and oxygen atoms in total. The summed E-state index contributed by atoms with van der Waals surface area (Å²) in [5.74, 6) is 1.29. The zero-order valence-electron chi connectivity index (χ0n) is 13.2. The molecule has 0 aliphatic carbocycles. The Balaban J connectivity index is 1.54. The van der Waals surface area contributed by atoms with Gasteiger partial charge in [0, 0.05) is 0 Å². The number of H-pyrrole nitrogens is 1. The second kappa shape index (κ2) is 6.52. The van der Waals surface area contributed by atoms with Crippen molar-refractivity contribution < 1.29 is 9.53 Å². The minimum Gasteiger partial charge on any atom is -0.483 e. The van der Waals surface area contributed by atoms with Gasteiger partial charge in [-0.1, -0.05) is 24.3 Å². The molecule has 1 amide bonds. The van der Waals surface area contributed by atoms with Crippen molar-refractivity contribution in [1.29, 1.82) is 0 Å². The molecule has 0 saturated heterocycles. The van der Waals surface area contributed by atoms with Crippen LogP contribution in [0.5, 0.6) is 5.75 Å². The molecule has 118 valence electrons. The summed E-state index contributed by atoms with van der Waals surface area (Å²) in [6, 6.07) is 13.7. The molecule has 0 radical (unpaired) electrons. The van der Waals surface area contributed by atoms with Crippen molar-refractivity contribution in [2.45, 2.75) is 20.4 Å². The van der Waals surface area contributed by atoms with Crippen molar-refractivity contribution in [1.82, 2.24) is 15.3 Å². The van der Waals surface area contributed by atoms with Crippen molar-refractivity contribution in [3.05, 3.63) is 59.4 Å². The van der Waals surface area contributed by atoms with Gasteiger partial charge in [-0.05, 0) is 43.2 Å². The fourth-order valence-corrected chi connectivity index (χ4v) is 2.33.